The molecule has 4 heteroatoms. The van der Waals surface area contributed by atoms with Crippen LogP contribution in [0.25, 0.3) is 0 Å². The second kappa shape index (κ2) is 7.02. The molecule has 4 nitrogen and oxygen atoms in total. The number of hydrogen-bond acceptors (Lipinski definition) is 3. The lowest BCUT2D eigenvalue weighted by molar-refractivity contribution is -0.116. The number of rotatable bonds is 3. The Kier molecular flexibility index (Phi) is 5.02. The van der Waals surface area contributed by atoms with E-state index in [0.29, 0.717) is 6.54 Å². The number of carbonyl (C=O) groups excluding carboxylic acids is 1. The first-order valence-electron chi connectivity index (χ1n) is 8.86. The number of aryl methyl sites for hydroxylation is 1. The lowest BCUT2D eigenvalue weighted by Crippen LogP contribution is -2.37. The Morgan fingerprint density at radius 1 is 1.35 bits per heavy atom. The van der Waals surface area contributed by atoms with E-state index in [-0.39, 0.29) is 5.91 Å². The van der Waals surface area contributed by atoms with Gasteiger partial charge >= 0.3 is 0 Å². The van der Waals surface area contributed by atoms with Gasteiger partial charge in [0.2, 0.25) is 5.91 Å². The highest BCUT2D eigenvalue weighted by atomic mass is 16.3. The summed E-state index contributed by atoms with van der Waals surface area (Å²) in [6.07, 6.45) is 4.06. The van der Waals surface area contributed by atoms with Crippen LogP contribution in [0.15, 0.2) is 18.2 Å². The largest absolute Gasteiger partial charge is 0.387 e. The van der Waals surface area contributed by atoms with Gasteiger partial charge in [-0.3, -0.25) is 4.79 Å². The van der Waals surface area contributed by atoms with Crippen molar-refractivity contribution in [3.63, 3.8) is 0 Å². The van der Waals surface area contributed by atoms with E-state index < -0.39 is 6.10 Å². The molecule has 1 fully saturated rings. The minimum Gasteiger partial charge on any atom is -0.387 e. The maximum absolute atomic E-state index is 11.7. The SMILES string of the molecule is CC(=O)N1CCCc2cc([C@@H](O)CN3CCC[C@@H](C)C3)ccc21. The maximum atomic E-state index is 11.7. The summed E-state index contributed by atoms with van der Waals surface area (Å²) in [4.78, 5) is 16.0. The topological polar surface area (TPSA) is 43.8 Å². The van der Waals surface area contributed by atoms with Crippen LogP contribution in [-0.4, -0.2) is 42.1 Å². The quantitative estimate of drug-likeness (QED) is 0.932. The summed E-state index contributed by atoms with van der Waals surface area (Å²) in [7, 11) is 0. The first-order valence-corrected chi connectivity index (χ1v) is 8.86. The molecule has 0 radical (unpaired) electrons. The molecule has 23 heavy (non-hydrogen) atoms. The van der Waals surface area contributed by atoms with E-state index in [1.165, 1.54) is 18.4 Å². The number of benzene rings is 1. The summed E-state index contributed by atoms with van der Waals surface area (Å²) in [5.74, 6) is 0.824. The average Bonchev–Trinajstić information content (AvgIpc) is 2.53. The third-order valence-corrected chi connectivity index (χ3v) is 5.16. The fraction of sp³-hybridized carbons (Fsp3) is 0.632. The monoisotopic (exact) mass is 316 g/mol. The number of hydrogen-bond donors (Lipinski definition) is 1. The number of aliphatic hydroxyl groups is 1. The van der Waals surface area contributed by atoms with E-state index in [4.69, 9.17) is 0 Å². The first kappa shape index (κ1) is 16.5. The lowest BCUT2D eigenvalue weighted by atomic mass is 9.96. The Bertz CT molecular complexity index is 572. The second-order valence-corrected chi connectivity index (χ2v) is 7.19. The van der Waals surface area contributed by atoms with Crippen molar-refractivity contribution < 1.29 is 9.90 Å². The predicted octanol–water partition coefficient (Wildman–Crippen LogP) is 2.75. The van der Waals surface area contributed by atoms with Crippen LogP contribution in [0.4, 0.5) is 5.69 Å². The van der Waals surface area contributed by atoms with Crippen molar-refractivity contribution in [1.29, 1.82) is 0 Å². The van der Waals surface area contributed by atoms with E-state index in [1.807, 2.05) is 17.0 Å². The molecule has 0 spiro atoms. The van der Waals surface area contributed by atoms with Crippen LogP contribution in [0.1, 0.15) is 50.3 Å². The smallest absolute Gasteiger partial charge is 0.223 e. The van der Waals surface area contributed by atoms with Crippen LogP contribution < -0.4 is 4.90 Å². The first-order chi connectivity index (χ1) is 11.0. The van der Waals surface area contributed by atoms with Crippen LogP contribution in [0.2, 0.25) is 0 Å². The fourth-order valence-corrected chi connectivity index (χ4v) is 3.95. The number of β-amino-alcohol motifs (C(OH)–C–C–N with tert-alkyl or cyclic N) is 1. The van der Waals surface area contributed by atoms with Crippen molar-refractivity contribution in [2.45, 2.75) is 45.6 Å². The van der Waals surface area contributed by atoms with Gasteiger partial charge in [0, 0.05) is 32.2 Å². The zero-order valence-electron chi connectivity index (χ0n) is 14.3. The molecule has 0 unspecified atom stereocenters. The Hall–Kier alpha value is -1.39. The van der Waals surface area contributed by atoms with Gasteiger partial charge in [0.1, 0.15) is 0 Å². The minimum absolute atomic E-state index is 0.0987. The van der Waals surface area contributed by atoms with Crippen molar-refractivity contribution >= 4 is 11.6 Å². The number of likely N-dealkylation sites (tertiary alicyclic amines) is 1. The molecule has 2 atom stereocenters. The second-order valence-electron chi connectivity index (χ2n) is 7.19. The van der Waals surface area contributed by atoms with Gasteiger partial charge in [-0.2, -0.15) is 0 Å². The predicted molar refractivity (Wildman–Crippen MR) is 92.6 cm³/mol. The molecular weight excluding hydrogens is 288 g/mol. The third-order valence-electron chi connectivity index (χ3n) is 5.16. The standard InChI is InChI=1S/C19H28N2O2/c1-14-5-3-9-20(12-14)13-19(23)17-7-8-18-16(11-17)6-4-10-21(18)15(2)22/h7-8,11,14,19,23H,3-6,9-10,12-13H2,1-2H3/t14-,19+/m1/s1. The van der Waals surface area contributed by atoms with Crippen molar-refractivity contribution in [3.05, 3.63) is 29.3 Å². The summed E-state index contributed by atoms with van der Waals surface area (Å²) in [6.45, 7) is 7.59. The summed E-state index contributed by atoms with van der Waals surface area (Å²) >= 11 is 0. The van der Waals surface area contributed by atoms with Gasteiger partial charge in [-0.05, 0) is 55.3 Å². The maximum Gasteiger partial charge on any atom is 0.223 e. The molecular formula is C19H28N2O2. The van der Waals surface area contributed by atoms with Crippen LogP contribution in [0, 0.1) is 5.92 Å². The van der Waals surface area contributed by atoms with Gasteiger partial charge in [-0.15, -0.1) is 0 Å². The molecule has 126 valence electrons. The molecule has 1 N–H and O–H groups in total. The van der Waals surface area contributed by atoms with E-state index in [1.54, 1.807) is 6.92 Å². The molecule has 1 aromatic carbocycles. The molecule has 3 rings (SSSR count). The highest BCUT2D eigenvalue weighted by Crippen LogP contribution is 2.30. The molecule has 0 aliphatic carbocycles. The molecule has 1 saturated heterocycles. The van der Waals surface area contributed by atoms with Gasteiger partial charge in [-0.1, -0.05) is 19.1 Å². The molecule has 2 heterocycles. The molecule has 1 amide bonds. The number of carbonyl (C=O) groups is 1. The van der Waals surface area contributed by atoms with E-state index >= 15 is 0 Å². The van der Waals surface area contributed by atoms with Crippen molar-refractivity contribution in [2.24, 2.45) is 5.92 Å². The van der Waals surface area contributed by atoms with Gasteiger partial charge in [0.15, 0.2) is 0 Å². The average molecular weight is 316 g/mol. The normalized spacial score (nSPS) is 23.4. The zero-order valence-corrected chi connectivity index (χ0v) is 14.3. The number of anilines is 1. The van der Waals surface area contributed by atoms with Crippen LogP contribution in [-0.2, 0) is 11.2 Å². The van der Waals surface area contributed by atoms with E-state index in [2.05, 4.69) is 17.9 Å². The van der Waals surface area contributed by atoms with Gasteiger partial charge < -0.3 is 14.9 Å². The molecule has 1 aromatic rings. The Morgan fingerprint density at radius 2 is 2.17 bits per heavy atom. The number of nitrogens with zero attached hydrogens (tertiary/aromatic N) is 2. The van der Waals surface area contributed by atoms with Crippen molar-refractivity contribution in [3.8, 4) is 0 Å². The van der Waals surface area contributed by atoms with Gasteiger partial charge in [0.05, 0.1) is 6.10 Å². The summed E-state index contributed by atoms with van der Waals surface area (Å²) in [5, 5.41) is 10.6. The van der Waals surface area contributed by atoms with Gasteiger partial charge in [-0.25, -0.2) is 0 Å². The molecule has 2 aliphatic heterocycles. The zero-order chi connectivity index (χ0) is 16.4. The number of aliphatic hydroxyl groups excluding tert-OH is 1. The lowest BCUT2D eigenvalue weighted by Gasteiger charge is -2.33. The Balaban J connectivity index is 1.72. The molecule has 2 aliphatic rings. The van der Waals surface area contributed by atoms with Crippen molar-refractivity contribution in [1.82, 2.24) is 4.90 Å². The van der Waals surface area contributed by atoms with Crippen LogP contribution in [0.3, 0.4) is 0 Å². The van der Waals surface area contributed by atoms with E-state index in [9.17, 15) is 9.90 Å². The van der Waals surface area contributed by atoms with Crippen molar-refractivity contribution in [2.75, 3.05) is 31.1 Å². The highest BCUT2D eigenvalue weighted by molar-refractivity contribution is 5.92. The van der Waals surface area contributed by atoms with E-state index in [0.717, 1.165) is 49.6 Å². The summed E-state index contributed by atoms with van der Waals surface area (Å²) in [5.41, 5.74) is 3.19. The van der Waals surface area contributed by atoms with Crippen LogP contribution in [0.5, 0.6) is 0 Å². The number of amides is 1. The third kappa shape index (κ3) is 3.75. The molecule has 0 bridgehead atoms. The fourth-order valence-electron chi connectivity index (χ4n) is 3.95. The highest BCUT2D eigenvalue weighted by Gasteiger charge is 2.23. The molecule has 0 aromatic heterocycles. The Morgan fingerprint density at radius 3 is 2.91 bits per heavy atom. The number of fused-ring (bicyclic) bond motifs is 1. The summed E-state index contributed by atoms with van der Waals surface area (Å²) < 4.78 is 0. The Labute approximate surface area is 139 Å². The van der Waals surface area contributed by atoms with Crippen LogP contribution >= 0.6 is 0 Å². The number of piperidine rings is 1. The molecule has 0 saturated carbocycles. The summed E-state index contributed by atoms with van der Waals surface area (Å²) in [6, 6.07) is 6.09. The van der Waals surface area contributed by atoms with Gasteiger partial charge in [0.25, 0.3) is 0 Å². The minimum atomic E-state index is -0.446.